The summed E-state index contributed by atoms with van der Waals surface area (Å²) in [5, 5.41) is 3.08. The summed E-state index contributed by atoms with van der Waals surface area (Å²) in [6.45, 7) is 7.43. The zero-order chi connectivity index (χ0) is 14.7. The second kappa shape index (κ2) is 6.50. The molecule has 0 amide bonds. The lowest BCUT2D eigenvalue weighted by atomic mass is 10.1. The Morgan fingerprint density at radius 3 is 2.45 bits per heavy atom. The van der Waals surface area contributed by atoms with Crippen LogP contribution in [-0.4, -0.2) is 44.2 Å². The van der Waals surface area contributed by atoms with Gasteiger partial charge in [-0.15, -0.1) is 0 Å². The van der Waals surface area contributed by atoms with Gasteiger partial charge in [0.05, 0.1) is 0 Å². The molecule has 1 aromatic carbocycles. The smallest absolute Gasteiger partial charge is 0.149 e. The molecule has 1 atom stereocenters. The molecule has 1 aliphatic heterocycles. The quantitative estimate of drug-likeness (QED) is 0.914. The Kier molecular flexibility index (Phi) is 4.94. The Morgan fingerprint density at radius 1 is 1.25 bits per heavy atom. The molecule has 0 aromatic heterocycles. The van der Waals surface area contributed by atoms with Gasteiger partial charge in [-0.25, -0.2) is 8.78 Å². The Hall–Kier alpha value is -1.20. The molecule has 1 heterocycles. The van der Waals surface area contributed by atoms with Gasteiger partial charge in [0.1, 0.15) is 17.3 Å². The van der Waals surface area contributed by atoms with Crippen molar-refractivity contribution >= 4 is 5.69 Å². The lowest BCUT2D eigenvalue weighted by molar-refractivity contribution is 0.232. The van der Waals surface area contributed by atoms with E-state index in [1.165, 1.54) is 12.1 Å². The highest BCUT2D eigenvalue weighted by Gasteiger charge is 2.25. The van der Waals surface area contributed by atoms with E-state index in [0.717, 1.165) is 13.1 Å². The van der Waals surface area contributed by atoms with E-state index < -0.39 is 11.6 Å². The first-order valence-electron chi connectivity index (χ1n) is 7.16. The maximum absolute atomic E-state index is 14.2. The van der Waals surface area contributed by atoms with Crippen molar-refractivity contribution in [3.05, 3.63) is 29.3 Å². The largest absolute Gasteiger partial charge is 0.364 e. The first-order valence-corrected chi connectivity index (χ1v) is 7.16. The average Bonchev–Trinajstić information content (AvgIpc) is 2.39. The van der Waals surface area contributed by atoms with Crippen molar-refractivity contribution < 1.29 is 8.78 Å². The number of hydrogen-bond donors (Lipinski definition) is 1. The van der Waals surface area contributed by atoms with Gasteiger partial charge in [-0.3, -0.25) is 0 Å². The first kappa shape index (κ1) is 15.2. The molecule has 2 rings (SSSR count). The van der Waals surface area contributed by atoms with Crippen molar-refractivity contribution in [2.75, 3.05) is 38.1 Å². The van der Waals surface area contributed by atoms with Crippen LogP contribution in [0.25, 0.3) is 0 Å². The monoisotopic (exact) mass is 283 g/mol. The van der Waals surface area contributed by atoms with Crippen LogP contribution in [0.3, 0.4) is 0 Å². The molecule has 5 heteroatoms. The van der Waals surface area contributed by atoms with Crippen LogP contribution in [0, 0.1) is 11.6 Å². The fourth-order valence-electron chi connectivity index (χ4n) is 2.54. The molecule has 1 aromatic rings. The Morgan fingerprint density at radius 2 is 1.90 bits per heavy atom. The molecule has 0 saturated carbocycles. The van der Waals surface area contributed by atoms with Crippen LogP contribution in [0.4, 0.5) is 14.5 Å². The summed E-state index contributed by atoms with van der Waals surface area (Å²) in [4.78, 5) is 4.01. The Balaban J connectivity index is 2.19. The van der Waals surface area contributed by atoms with Gasteiger partial charge in [-0.2, -0.15) is 0 Å². The van der Waals surface area contributed by atoms with E-state index in [9.17, 15) is 8.78 Å². The fraction of sp³-hybridized carbons (Fsp3) is 0.600. The second-order valence-electron chi connectivity index (χ2n) is 5.46. The lowest BCUT2D eigenvalue weighted by Gasteiger charge is -2.39. The summed E-state index contributed by atoms with van der Waals surface area (Å²) >= 11 is 0. The van der Waals surface area contributed by atoms with Gasteiger partial charge in [0.2, 0.25) is 0 Å². The molecule has 20 heavy (non-hydrogen) atoms. The molecule has 1 fully saturated rings. The summed E-state index contributed by atoms with van der Waals surface area (Å²) < 4.78 is 28.4. The second-order valence-corrected chi connectivity index (χ2v) is 5.46. The molecule has 1 saturated heterocycles. The first-order chi connectivity index (χ1) is 9.52. The van der Waals surface area contributed by atoms with Crippen molar-refractivity contribution in [3.8, 4) is 0 Å². The van der Waals surface area contributed by atoms with E-state index in [1.54, 1.807) is 0 Å². The van der Waals surface area contributed by atoms with Gasteiger partial charge < -0.3 is 15.1 Å². The number of halogens is 2. The predicted octanol–water partition coefficient (Wildman–Crippen LogP) is 2.21. The predicted molar refractivity (Wildman–Crippen MR) is 78.0 cm³/mol. The standard InChI is InChI=1S/C15H23F2N3/c1-4-18-9-12-7-13(16)15(14(17)8-12)20-6-5-19(3)11(2)10-20/h7-8,11,18H,4-6,9-10H2,1-3H3. The molecule has 1 aliphatic rings. The third kappa shape index (κ3) is 3.27. The molecule has 0 radical (unpaired) electrons. The molecule has 0 bridgehead atoms. The van der Waals surface area contributed by atoms with Crippen molar-refractivity contribution in [1.29, 1.82) is 0 Å². The number of nitrogens with zero attached hydrogens (tertiary/aromatic N) is 2. The van der Waals surface area contributed by atoms with Gasteiger partial charge in [0, 0.05) is 32.2 Å². The molecule has 112 valence electrons. The van der Waals surface area contributed by atoms with Gasteiger partial charge in [-0.1, -0.05) is 6.92 Å². The third-order valence-corrected chi connectivity index (χ3v) is 3.93. The Bertz CT molecular complexity index is 441. The van der Waals surface area contributed by atoms with E-state index in [2.05, 4.69) is 17.1 Å². The third-order valence-electron chi connectivity index (χ3n) is 3.93. The van der Waals surface area contributed by atoms with Gasteiger partial charge in [0.25, 0.3) is 0 Å². The van der Waals surface area contributed by atoms with Crippen molar-refractivity contribution in [3.63, 3.8) is 0 Å². The van der Waals surface area contributed by atoms with Crippen LogP contribution in [0.2, 0.25) is 0 Å². The van der Waals surface area contributed by atoms with Gasteiger partial charge >= 0.3 is 0 Å². The number of anilines is 1. The minimum absolute atomic E-state index is 0.116. The van der Waals surface area contributed by atoms with Crippen LogP contribution < -0.4 is 10.2 Å². The maximum atomic E-state index is 14.2. The number of nitrogens with one attached hydrogen (secondary N) is 1. The fourth-order valence-corrected chi connectivity index (χ4v) is 2.54. The highest BCUT2D eigenvalue weighted by molar-refractivity contribution is 5.51. The molecule has 1 unspecified atom stereocenters. The molecule has 0 spiro atoms. The van der Waals surface area contributed by atoms with E-state index in [0.29, 0.717) is 31.2 Å². The highest BCUT2D eigenvalue weighted by Crippen LogP contribution is 2.27. The number of likely N-dealkylation sites (N-methyl/N-ethyl adjacent to an activating group) is 1. The molecule has 0 aliphatic carbocycles. The van der Waals surface area contributed by atoms with Crippen LogP contribution in [0.15, 0.2) is 12.1 Å². The minimum Gasteiger partial charge on any atom is -0.364 e. The van der Waals surface area contributed by atoms with Crippen LogP contribution in [0.5, 0.6) is 0 Å². The van der Waals surface area contributed by atoms with E-state index in [4.69, 9.17) is 0 Å². The minimum atomic E-state index is -0.463. The number of rotatable bonds is 4. The molecule has 3 nitrogen and oxygen atoms in total. The molecule has 1 N–H and O–H groups in total. The number of benzene rings is 1. The summed E-state index contributed by atoms with van der Waals surface area (Å²) in [5.41, 5.74) is 0.762. The summed E-state index contributed by atoms with van der Waals surface area (Å²) in [6.07, 6.45) is 0. The summed E-state index contributed by atoms with van der Waals surface area (Å²) in [5.74, 6) is -0.927. The number of piperazine rings is 1. The van der Waals surface area contributed by atoms with Gasteiger partial charge in [-0.05, 0) is 38.2 Å². The normalized spacial score (nSPS) is 20.4. The van der Waals surface area contributed by atoms with Crippen LogP contribution >= 0.6 is 0 Å². The number of hydrogen-bond acceptors (Lipinski definition) is 3. The highest BCUT2D eigenvalue weighted by atomic mass is 19.1. The zero-order valence-corrected chi connectivity index (χ0v) is 12.4. The van der Waals surface area contributed by atoms with Crippen molar-refractivity contribution in [2.45, 2.75) is 26.4 Å². The average molecular weight is 283 g/mol. The van der Waals surface area contributed by atoms with Gasteiger partial charge in [0.15, 0.2) is 0 Å². The topological polar surface area (TPSA) is 18.5 Å². The van der Waals surface area contributed by atoms with E-state index in [1.807, 2.05) is 18.9 Å². The SMILES string of the molecule is CCNCc1cc(F)c(N2CCN(C)C(C)C2)c(F)c1. The van der Waals surface area contributed by atoms with E-state index >= 15 is 0 Å². The van der Waals surface area contributed by atoms with Crippen molar-refractivity contribution in [1.82, 2.24) is 10.2 Å². The summed E-state index contributed by atoms with van der Waals surface area (Å²) in [7, 11) is 2.04. The zero-order valence-electron chi connectivity index (χ0n) is 12.4. The van der Waals surface area contributed by atoms with E-state index in [-0.39, 0.29) is 5.69 Å². The maximum Gasteiger partial charge on any atom is 0.149 e. The Labute approximate surface area is 119 Å². The summed E-state index contributed by atoms with van der Waals surface area (Å²) in [6, 6.07) is 3.16. The molecular weight excluding hydrogens is 260 g/mol. The van der Waals surface area contributed by atoms with Crippen LogP contribution in [-0.2, 0) is 6.54 Å². The lowest BCUT2D eigenvalue weighted by Crippen LogP contribution is -2.50. The molecular formula is C15H23F2N3. The van der Waals surface area contributed by atoms with Crippen molar-refractivity contribution in [2.24, 2.45) is 0 Å². The van der Waals surface area contributed by atoms with Crippen LogP contribution in [0.1, 0.15) is 19.4 Å².